The SMILES string of the molecule is COc1ccc2cc(N(c3ccc(N(c4ccc5cc(OC)ccc5c4)c4ccc5cc(OC)ccc5c4)cc3)c3ccc4cc(OC)ccc4c3)ccc2c1. The molecule has 274 valence electrons. The van der Waals surface area contributed by atoms with Crippen molar-refractivity contribution in [2.75, 3.05) is 38.2 Å². The van der Waals surface area contributed by atoms with Crippen molar-refractivity contribution >= 4 is 77.2 Å². The van der Waals surface area contributed by atoms with Crippen LogP contribution in [0.2, 0.25) is 0 Å². The number of benzene rings is 9. The van der Waals surface area contributed by atoms with Gasteiger partial charge in [-0.1, -0.05) is 48.5 Å². The summed E-state index contributed by atoms with van der Waals surface area (Å²) in [4.78, 5) is 4.63. The largest absolute Gasteiger partial charge is 0.497 e. The Labute approximate surface area is 326 Å². The first-order valence-corrected chi connectivity index (χ1v) is 18.5. The molecule has 9 aromatic rings. The lowest BCUT2D eigenvalue weighted by Gasteiger charge is -2.29. The fourth-order valence-electron chi connectivity index (χ4n) is 7.55. The van der Waals surface area contributed by atoms with Gasteiger partial charge in [0.15, 0.2) is 0 Å². The molecule has 0 aliphatic carbocycles. The Balaban J connectivity index is 1.17. The van der Waals surface area contributed by atoms with Gasteiger partial charge in [-0.3, -0.25) is 0 Å². The lowest BCUT2D eigenvalue weighted by molar-refractivity contribution is 0.415. The lowest BCUT2D eigenvalue weighted by Crippen LogP contribution is -2.12. The highest BCUT2D eigenvalue weighted by Crippen LogP contribution is 2.42. The summed E-state index contributed by atoms with van der Waals surface area (Å²) in [5, 5.41) is 8.99. The van der Waals surface area contributed by atoms with Crippen molar-refractivity contribution in [1.29, 1.82) is 0 Å². The first-order chi connectivity index (χ1) is 27.5. The molecular weight excluding hydrogens is 693 g/mol. The van der Waals surface area contributed by atoms with Gasteiger partial charge in [0.2, 0.25) is 0 Å². The van der Waals surface area contributed by atoms with Gasteiger partial charge in [-0.05, 0) is 164 Å². The fraction of sp³-hybridized carbons (Fsp3) is 0.0800. The molecule has 0 aromatic heterocycles. The molecule has 0 aliphatic heterocycles. The number of nitrogens with zero attached hydrogens (tertiary/aromatic N) is 2. The summed E-state index contributed by atoms with van der Waals surface area (Å²) >= 11 is 0. The summed E-state index contributed by atoms with van der Waals surface area (Å²) in [6.45, 7) is 0. The highest BCUT2D eigenvalue weighted by molar-refractivity contribution is 5.96. The second-order valence-electron chi connectivity index (χ2n) is 13.8. The zero-order valence-electron chi connectivity index (χ0n) is 31.7. The molecule has 6 heteroatoms. The molecule has 56 heavy (non-hydrogen) atoms. The molecule has 0 amide bonds. The highest BCUT2D eigenvalue weighted by atomic mass is 16.5. The Morgan fingerprint density at radius 3 is 0.661 bits per heavy atom. The Kier molecular flexibility index (Phi) is 9.00. The summed E-state index contributed by atoms with van der Waals surface area (Å²) in [6.07, 6.45) is 0. The van der Waals surface area contributed by atoms with E-state index in [2.05, 4.69) is 155 Å². The van der Waals surface area contributed by atoms with Crippen molar-refractivity contribution in [3.05, 3.63) is 170 Å². The minimum atomic E-state index is 0.837. The van der Waals surface area contributed by atoms with Crippen LogP contribution in [0.1, 0.15) is 0 Å². The molecule has 0 unspecified atom stereocenters. The van der Waals surface area contributed by atoms with Crippen LogP contribution in [0.4, 0.5) is 34.1 Å². The lowest BCUT2D eigenvalue weighted by atomic mass is 10.0. The smallest absolute Gasteiger partial charge is 0.119 e. The van der Waals surface area contributed by atoms with E-state index in [1.54, 1.807) is 28.4 Å². The minimum Gasteiger partial charge on any atom is -0.497 e. The molecule has 0 atom stereocenters. The maximum Gasteiger partial charge on any atom is 0.119 e. The van der Waals surface area contributed by atoms with Crippen LogP contribution in [0.25, 0.3) is 43.1 Å². The maximum absolute atomic E-state index is 5.52. The Bertz CT molecular complexity index is 2520. The molecule has 9 aromatic carbocycles. The summed E-state index contributed by atoms with van der Waals surface area (Å²) in [5.74, 6) is 3.35. The van der Waals surface area contributed by atoms with Gasteiger partial charge in [0.05, 0.1) is 28.4 Å². The Hall–Kier alpha value is -7.18. The van der Waals surface area contributed by atoms with E-state index >= 15 is 0 Å². The second-order valence-corrected chi connectivity index (χ2v) is 13.8. The first kappa shape index (κ1) is 34.6. The molecule has 0 N–H and O–H groups in total. The number of fused-ring (bicyclic) bond motifs is 4. The van der Waals surface area contributed by atoms with Crippen LogP contribution in [-0.2, 0) is 0 Å². The summed E-state index contributed by atoms with van der Waals surface area (Å²) in [5.41, 5.74) is 6.27. The molecule has 0 fully saturated rings. The van der Waals surface area contributed by atoms with Crippen LogP contribution in [0.15, 0.2) is 170 Å². The fourth-order valence-corrected chi connectivity index (χ4v) is 7.55. The van der Waals surface area contributed by atoms with E-state index in [0.717, 1.165) is 100 Å². The summed E-state index contributed by atoms with van der Waals surface area (Å²) in [7, 11) is 6.80. The van der Waals surface area contributed by atoms with Crippen molar-refractivity contribution in [1.82, 2.24) is 0 Å². The normalized spacial score (nSPS) is 11.2. The molecule has 6 nitrogen and oxygen atoms in total. The van der Waals surface area contributed by atoms with Crippen LogP contribution in [0.3, 0.4) is 0 Å². The van der Waals surface area contributed by atoms with Crippen LogP contribution < -0.4 is 28.7 Å². The van der Waals surface area contributed by atoms with Crippen molar-refractivity contribution in [2.45, 2.75) is 0 Å². The zero-order chi connectivity index (χ0) is 38.2. The van der Waals surface area contributed by atoms with Gasteiger partial charge in [0, 0.05) is 34.1 Å². The average molecular weight is 733 g/mol. The van der Waals surface area contributed by atoms with Crippen LogP contribution in [0.5, 0.6) is 23.0 Å². The van der Waals surface area contributed by atoms with E-state index < -0.39 is 0 Å². The monoisotopic (exact) mass is 732 g/mol. The van der Waals surface area contributed by atoms with Gasteiger partial charge >= 0.3 is 0 Å². The predicted molar refractivity (Wildman–Crippen MR) is 232 cm³/mol. The predicted octanol–water partition coefficient (Wildman–Crippen LogP) is 13.3. The van der Waals surface area contributed by atoms with Gasteiger partial charge in [-0.2, -0.15) is 0 Å². The molecule has 0 saturated heterocycles. The number of hydrogen-bond donors (Lipinski definition) is 0. The van der Waals surface area contributed by atoms with Gasteiger partial charge in [-0.15, -0.1) is 0 Å². The van der Waals surface area contributed by atoms with Crippen molar-refractivity contribution in [3.8, 4) is 23.0 Å². The third-order valence-electron chi connectivity index (χ3n) is 10.5. The van der Waals surface area contributed by atoms with Gasteiger partial charge in [0.1, 0.15) is 23.0 Å². The molecule has 0 radical (unpaired) electrons. The maximum atomic E-state index is 5.52. The number of methoxy groups -OCH3 is 4. The standard InChI is InChI=1S/C50H40N2O4/c1-53-47-21-9-33-25-43(13-5-37(33)29-47)51(44-14-6-38-30-48(54-2)22-10-34(38)26-44)41-17-19-42(20-18-41)52(45-15-7-39-31-49(55-3)23-11-35(39)27-45)46-16-8-40-32-50(56-4)24-12-36(40)28-46/h5-32H,1-4H3. The quantitative estimate of drug-likeness (QED) is 0.139. The average Bonchev–Trinajstić information content (AvgIpc) is 3.26. The van der Waals surface area contributed by atoms with Crippen molar-refractivity contribution in [2.24, 2.45) is 0 Å². The Morgan fingerprint density at radius 2 is 0.429 bits per heavy atom. The third kappa shape index (κ3) is 6.52. The van der Waals surface area contributed by atoms with Gasteiger partial charge in [-0.25, -0.2) is 0 Å². The Morgan fingerprint density at radius 1 is 0.232 bits per heavy atom. The molecule has 0 bridgehead atoms. The third-order valence-corrected chi connectivity index (χ3v) is 10.5. The number of hydrogen-bond acceptors (Lipinski definition) is 6. The molecular formula is C50H40N2O4. The van der Waals surface area contributed by atoms with Crippen molar-refractivity contribution < 1.29 is 18.9 Å². The van der Waals surface area contributed by atoms with E-state index in [0.29, 0.717) is 0 Å². The van der Waals surface area contributed by atoms with E-state index in [-0.39, 0.29) is 0 Å². The number of anilines is 6. The number of ether oxygens (including phenoxy) is 4. The molecule has 9 rings (SSSR count). The molecule has 0 aliphatic rings. The first-order valence-electron chi connectivity index (χ1n) is 18.5. The van der Waals surface area contributed by atoms with E-state index in [4.69, 9.17) is 18.9 Å². The second kappa shape index (κ2) is 14.6. The minimum absolute atomic E-state index is 0.837. The highest BCUT2D eigenvalue weighted by Gasteiger charge is 2.18. The van der Waals surface area contributed by atoms with E-state index in [1.165, 1.54) is 0 Å². The van der Waals surface area contributed by atoms with Crippen LogP contribution in [-0.4, -0.2) is 28.4 Å². The van der Waals surface area contributed by atoms with Crippen LogP contribution in [0, 0.1) is 0 Å². The van der Waals surface area contributed by atoms with E-state index in [9.17, 15) is 0 Å². The molecule has 0 heterocycles. The summed E-state index contributed by atoms with van der Waals surface area (Å²) in [6, 6.07) is 59.9. The van der Waals surface area contributed by atoms with E-state index in [1.807, 2.05) is 24.3 Å². The van der Waals surface area contributed by atoms with Crippen molar-refractivity contribution in [3.63, 3.8) is 0 Å². The number of rotatable bonds is 10. The molecule has 0 spiro atoms. The van der Waals surface area contributed by atoms with Crippen LogP contribution >= 0.6 is 0 Å². The zero-order valence-corrected chi connectivity index (χ0v) is 31.7. The topological polar surface area (TPSA) is 43.4 Å². The molecule has 0 saturated carbocycles. The van der Waals surface area contributed by atoms with Gasteiger partial charge < -0.3 is 28.7 Å². The van der Waals surface area contributed by atoms with Gasteiger partial charge in [0.25, 0.3) is 0 Å². The summed E-state index contributed by atoms with van der Waals surface area (Å²) < 4.78 is 22.1.